The van der Waals surface area contributed by atoms with E-state index < -0.39 is 6.36 Å². The van der Waals surface area contributed by atoms with E-state index in [4.69, 9.17) is 10.5 Å². The van der Waals surface area contributed by atoms with Gasteiger partial charge in [-0.2, -0.15) is 0 Å². The number of hydrogen-bond donors (Lipinski definition) is 2. The molecule has 0 amide bonds. The number of benzene rings is 2. The van der Waals surface area contributed by atoms with E-state index in [-0.39, 0.29) is 41.4 Å². The standard InChI is InChI=1S/C17H18F3N3O2.HI/c1-24-14-8-4-2-6-12(14)10-11-22-16(21)23-13-7-3-5-9-15(13)25-17(18,19)20;/h2-9H,10-11H2,1H3,(H3,21,22,23);1H. The molecule has 0 unspecified atom stereocenters. The van der Waals surface area contributed by atoms with E-state index in [9.17, 15) is 13.2 Å². The number of ether oxygens (including phenoxy) is 2. The third-order valence-electron chi connectivity index (χ3n) is 3.23. The normalized spacial score (nSPS) is 11.5. The van der Waals surface area contributed by atoms with Crippen LogP contribution in [0.4, 0.5) is 18.9 Å². The fourth-order valence-corrected chi connectivity index (χ4v) is 2.17. The van der Waals surface area contributed by atoms with Gasteiger partial charge in [-0.05, 0) is 30.2 Å². The van der Waals surface area contributed by atoms with Crippen molar-refractivity contribution in [2.75, 3.05) is 19.0 Å². The van der Waals surface area contributed by atoms with Crippen LogP contribution in [0.3, 0.4) is 0 Å². The van der Waals surface area contributed by atoms with Crippen LogP contribution in [0.15, 0.2) is 53.5 Å². The second kappa shape index (κ2) is 10.1. The molecule has 3 N–H and O–H groups in total. The summed E-state index contributed by atoms with van der Waals surface area (Å²) in [4.78, 5) is 4.12. The van der Waals surface area contributed by atoms with Crippen LogP contribution in [-0.2, 0) is 6.42 Å². The molecule has 0 aliphatic carbocycles. The minimum atomic E-state index is -4.78. The maximum Gasteiger partial charge on any atom is 0.573 e. The Morgan fingerprint density at radius 2 is 1.69 bits per heavy atom. The molecule has 0 saturated heterocycles. The Kier molecular flexibility index (Phi) is 8.49. The van der Waals surface area contributed by atoms with Gasteiger partial charge in [0, 0.05) is 6.54 Å². The van der Waals surface area contributed by atoms with E-state index in [1.807, 2.05) is 24.3 Å². The van der Waals surface area contributed by atoms with Crippen molar-refractivity contribution in [1.82, 2.24) is 0 Å². The summed E-state index contributed by atoms with van der Waals surface area (Å²) in [6, 6.07) is 13.1. The zero-order valence-electron chi connectivity index (χ0n) is 13.9. The SMILES string of the molecule is COc1ccccc1CCN=C(N)Nc1ccccc1OC(F)(F)F.I. The van der Waals surface area contributed by atoms with Gasteiger partial charge < -0.3 is 20.5 Å². The lowest BCUT2D eigenvalue weighted by Crippen LogP contribution is -2.24. The number of methoxy groups -OCH3 is 1. The Hall–Kier alpha value is -2.17. The Morgan fingerprint density at radius 1 is 1.08 bits per heavy atom. The fourth-order valence-electron chi connectivity index (χ4n) is 2.17. The molecule has 0 aliphatic heterocycles. The van der Waals surface area contributed by atoms with Gasteiger partial charge in [0.1, 0.15) is 5.75 Å². The highest BCUT2D eigenvalue weighted by molar-refractivity contribution is 14.0. The highest BCUT2D eigenvalue weighted by atomic mass is 127. The number of nitrogens with zero attached hydrogens (tertiary/aromatic N) is 1. The van der Waals surface area contributed by atoms with Gasteiger partial charge in [-0.1, -0.05) is 30.3 Å². The molecule has 2 rings (SSSR count). The minimum absolute atomic E-state index is 0. The van der Waals surface area contributed by atoms with Gasteiger partial charge in [-0.15, -0.1) is 37.1 Å². The van der Waals surface area contributed by atoms with Gasteiger partial charge in [0.25, 0.3) is 0 Å². The Labute approximate surface area is 166 Å². The van der Waals surface area contributed by atoms with Gasteiger partial charge in [0.2, 0.25) is 0 Å². The van der Waals surface area contributed by atoms with Crippen molar-refractivity contribution in [2.45, 2.75) is 12.8 Å². The second-order valence-electron chi connectivity index (χ2n) is 5.00. The lowest BCUT2D eigenvalue weighted by Gasteiger charge is -2.14. The largest absolute Gasteiger partial charge is 0.573 e. The minimum Gasteiger partial charge on any atom is -0.496 e. The molecule has 0 atom stereocenters. The van der Waals surface area contributed by atoms with E-state index in [1.54, 1.807) is 13.2 Å². The lowest BCUT2D eigenvalue weighted by atomic mass is 10.1. The van der Waals surface area contributed by atoms with E-state index in [0.29, 0.717) is 13.0 Å². The molecule has 26 heavy (non-hydrogen) atoms. The van der Waals surface area contributed by atoms with Crippen LogP contribution >= 0.6 is 24.0 Å². The van der Waals surface area contributed by atoms with Crippen molar-refractivity contribution in [3.8, 4) is 11.5 Å². The first-order valence-corrected chi connectivity index (χ1v) is 7.42. The maximum absolute atomic E-state index is 12.4. The first kappa shape index (κ1) is 21.9. The maximum atomic E-state index is 12.4. The Bertz CT molecular complexity index is 739. The van der Waals surface area contributed by atoms with Crippen molar-refractivity contribution in [1.29, 1.82) is 0 Å². The zero-order chi connectivity index (χ0) is 18.3. The summed E-state index contributed by atoms with van der Waals surface area (Å²) in [7, 11) is 1.58. The molecule has 0 heterocycles. The molecule has 142 valence electrons. The monoisotopic (exact) mass is 481 g/mol. The lowest BCUT2D eigenvalue weighted by molar-refractivity contribution is -0.274. The van der Waals surface area contributed by atoms with Crippen LogP contribution in [0.25, 0.3) is 0 Å². The van der Waals surface area contributed by atoms with Crippen LogP contribution in [0.1, 0.15) is 5.56 Å². The number of alkyl halides is 3. The number of hydrogen-bond acceptors (Lipinski definition) is 3. The Balaban J connectivity index is 0.00000338. The van der Waals surface area contributed by atoms with E-state index >= 15 is 0 Å². The van der Waals surface area contributed by atoms with Crippen LogP contribution in [0, 0.1) is 0 Å². The highest BCUT2D eigenvalue weighted by Crippen LogP contribution is 2.29. The first-order valence-electron chi connectivity index (χ1n) is 7.42. The topological polar surface area (TPSA) is 68.9 Å². The van der Waals surface area contributed by atoms with Gasteiger partial charge in [0.15, 0.2) is 11.7 Å². The van der Waals surface area contributed by atoms with Crippen LogP contribution in [0.2, 0.25) is 0 Å². The molecule has 0 fully saturated rings. The van der Waals surface area contributed by atoms with Crippen molar-refractivity contribution < 1.29 is 22.6 Å². The van der Waals surface area contributed by atoms with Crippen molar-refractivity contribution in [2.24, 2.45) is 10.7 Å². The van der Waals surface area contributed by atoms with Crippen LogP contribution in [-0.4, -0.2) is 26.0 Å². The highest BCUT2D eigenvalue weighted by Gasteiger charge is 2.32. The number of anilines is 1. The number of halogens is 4. The third kappa shape index (κ3) is 6.98. The third-order valence-corrected chi connectivity index (χ3v) is 3.23. The van der Waals surface area contributed by atoms with Gasteiger partial charge in [-0.3, -0.25) is 4.99 Å². The fraction of sp³-hybridized carbons (Fsp3) is 0.235. The molecule has 0 spiro atoms. The average molecular weight is 481 g/mol. The summed E-state index contributed by atoms with van der Waals surface area (Å²) in [6.07, 6.45) is -4.21. The smallest absolute Gasteiger partial charge is 0.496 e. The molecule has 2 aromatic carbocycles. The molecule has 0 aromatic heterocycles. The predicted octanol–water partition coefficient (Wildman–Crippen LogP) is 4.18. The summed E-state index contributed by atoms with van der Waals surface area (Å²) in [5.41, 5.74) is 6.79. The first-order chi connectivity index (χ1) is 11.9. The molecule has 0 radical (unpaired) electrons. The molecule has 5 nitrogen and oxygen atoms in total. The van der Waals surface area contributed by atoms with Gasteiger partial charge >= 0.3 is 6.36 Å². The molecular formula is C17H19F3IN3O2. The number of para-hydroxylation sites is 3. The van der Waals surface area contributed by atoms with E-state index in [0.717, 1.165) is 11.3 Å². The molecule has 9 heteroatoms. The summed E-state index contributed by atoms with van der Waals surface area (Å²) in [5.74, 6) is 0.360. The molecule has 2 aromatic rings. The number of rotatable bonds is 6. The van der Waals surface area contributed by atoms with Crippen LogP contribution < -0.4 is 20.5 Å². The van der Waals surface area contributed by atoms with Crippen molar-refractivity contribution in [3.63, 3.8) is 0 Å². The summed E-state index contributed by atoms with van der Waals surface area (Å²) in [5, 5.41) is 2.62. The molecule has 0 bridgehead atoms. The molecule has 0 aliphatic rings. The van der Waals surface area contributed by atoms with E-state index in [1.165, 1.54) is 18.2 Å². The van der Waals surface area contributed by atoms with Crippen molar-refractivity contribution >= 4 is 35.6 Å². The molecule has 0 saturated carbocycles. The van der Waals surface area contributed by atoms with Crippen LogP contribution in [0.5, 0.6) is 11.5 Å². The Morgan fingerprint density at radius 3 is 2.35 bits per heavy atom. The summed E-state index contributed by atoms with van der Waals surface area (Å²) in [6.45, 7) is 0.349. The molecular weight excluding hydrogens is 462 g/mol. The zero-order valence-corrected chi connectivity index (χ0v) is 16.2. The van der Waals surface area contributed by atoms with Gasteiger partial charge in [0.05, 0.1) is 12.8 Å². The number of guanidine groups is 1. The predicted molar refractivity (Wildman–Crippen MR) is 105 cm³/mol. The number of nitrogens with two attached hydrogens (primary N) is 1. The average Bonchev–Trinajstić information content (AvgIpc) is 2.56. The van der Waals surface area contributed by atoms with E-state index in [2.05, 4.69) is 15.0 Å². The second-order valence-corrected chi connectivity index (χ2v) is 5.00. The van der Waals surface area contributed by atoms with Crippen molar-refractivity contribution in [3.05, 3.63) is 54.1 Å². The summed E-state index contributed by atoms with van der Waals surface area (Å²) >= 11 is 0. The number of aliphatic imine (C=N–C) groups is 1. The van der Waals surface area contributed by atoms with Gasteiger partial charge in [-0.25, -0.2) is 0 Å². The number of nitrogens with one attached hydrogen (secondary N) is 1. The summed E-state index contributed by atoms with van der Waals surface area (Å²) < 4.78 is 46.4. The quantitative estimate of drug-likeness (QED) is 0.369.